The number of amides is 1. The van der Waals surface area contributed by atoms with Crippen LogP contribution in [0.15, 0.2) is 42.5 Å². The lowest BCUT2D eigenvalue weighted by Crippen LogP contribution is -2.52. The first kappa shape index (κ1) is 29.6. The van der Waals surface area contributed by atoms with Gasteiger partial charge in [0.1, 0.15) is 5.82 Å². The van der Waals surface area contributed by atoms with Gasteiger partial charge in [0.25, 0.3) is 5.91 Å². The zero-order chi connectivity index (χ0) is 29.8. The van der Waals surface area contributed by atoms with Gasteiger partial charge in [-0.3, -0.25) is 14.5 Å². The second-order valence-electron chi connectivity index (χ2n) is 10.2. The molecule has 1 aromatic heterocycles. The smallest absolute Gasteiger partial charge is 0.337 e. The largest absolute Gasteiger partial charge is 0.478 e. The van der Waals surface area contributed by atoms with E-state index in [1.165, 1.54) is 30.3 Å². The van der Waals surface area contributed by atoms with E-state index in [0.717, 1.165) is 10.2 Å². The van der Waals surface area contributed by atoms with Gasteiger partial charge in [0.15, 0.2) is 5.82 Å². The molecule has 0 spiro atoms. The molecule has 222 valence electrons. The second kappa shape index (κ2) is 12.9. The number of piperazine rings is 1. The molecule has 2 N–H and O–H groups in total. The van der Waals surface area contributed by atoms with Crippen molar-refractivity contribution < 1.29 is 28.6 Å². The summed E-state index contributed by atoms with van der Waals surface area (Å²) in [5.41, 5.74) is 0.500. The molecule has 1 amide bonds. The number of carboxylic acids is 1. The van der Waals surface area contributed by atoms with Gasteiger partial charge in [0.2, 0.25) is 11.9 Å². The van der Waals surface area contributed by atoms with Crippen molar-refractivity contribution in [2.75, 3.05) is 64.4 Å². The lowest BCUT2D eigenvalue weighted by molar-refractivity contribution is -0.134. The maximum absolute atomic E-state index is 13.8. The monoisotopic (exact) mass is 599 g/mol. The van der Waals surface area contributed by atoms with Crippen LogP contribution in [-0.2, 0) is 16.1 Å². The molecule has 0 radical (unpaired) electrons. The number of halogens is 2. The normalized spacial score (nSPS) is 17.7. The Morgan fingerprint density at radius 3 is 2.55 bits per heavy atom. The fourth-order valence-corrected chi connectivity index (χ4v) is 5.25. The van der Waals surface area contributed by atoms with Crippen LogP contribution in [0.4, 0.5) is 10.3 Å². The van der Waals surface area contributed by atoms with Gasteiger partial charge in [-0.15, -0.1) is 5.10 Å². The summed E-state index contributed by atoms with van der Waals surface area (Å²) in [6.45, 7) is 4.49. The third kappa shape index (κ3) is 6.59. The van der Waals surface area contributed by atoms with Gasteiger partial charge in [-0.2, -0.15) is 9.67 Å². The zero-order valence-electron chi connectivity index (χ0n) is 23.0. The van der Waals surface area contributed by atoms with Crippen molar-refractivity contribution in [2.24, 2.45) is 0 Å². The SMILES string of the molecule is CN(Cc1ccc(F)cc1)c1nc(C2CN(C(=O)CN3CCOCC3)CCN2)nn1C(=O)c1cccc(C(=O)O)c1Cl. The third-order valence-electron chi connectivity index (χ3n) is 7.24. The summed E-state index contributed by atoms with van der Waals surface area (Å²) in [7, 11) is 1.71. The molecule has 2 fully saturated rings. The minimum Gasteiger partial charge on any atom is -0.478 e. The molecule has 0 saturated carbocycles. The Labute approximate surface area is 246 Å². The number of hydrogen-bond donors (Lipinski definition) is 2. The molecule has 2 aromatic carbocycles. The van der Waals surface area contributed by atoms with Crippen molar-refractivity contribution in [3.05, 3.63) is 75.8 Å². The molecule has 0 aliphatic carbocycles. The number of carbonyl (C=O) groups is 3. The van der Waals surface area contributed by atoms with E-state index in [1.54, 1.807) is 29.0 Å². The topological polar surface area (TPSA) is 133 Å². The number of carbonyl (C=O) groups excluding carboxylic acids is 2. The highest BCUT2D eigenvalue weighted by Crippen LogP contribution is 2.26. The number of benzene rings is 2. The van der Waals surface area contributed by atoms with Crippen LogP contribution in [0, 0.1) is 5.82 Å². The molecular weight excluding hydrogens is 569 g/mol. The van der Waals surface area contributed by atoms with Gasteiger partial charge < -0.3 is 25.0 Å². The summed E-state index contributed by atoms with van der Waals surface area (Å²) < 4.78 is 19.9. The van der Waals surface area contributed by atoms with E-state index in [9.17, 15) is 23.9 Å². The number of nitrogens with zero attached hydrogens (tertiary/aromatic N) is 6. The first-order valence-electron chi connectivity index (χ1n) is 13.5. The average Bonchev–Trinajstić information content (AvgIpc) is 3.44. The van der Waals surface area contributed by atoms with Crippen LogP contribution in [-0.4, -0.2) is 107 Å². The highest BCUT2D eigenvalue weighted by molar-refractivity contribution is 6.36. The molecule has 2 aliphatic rings. The summed E-state index contributed by atoms with van der Waals surface area (Å²) in [4.78, 5) is 48.7. The highest BCUT2D eigenvalue weighted by Gasteiger charge is 2.31. The Morgan fingerprint density at radius 1 is 1.12 bits per heavy atom. The first-order chi connectivity index (χ1) is 20.2. The molecule has 0 bridgehead atoms. The lowest BCUT2D eigenvalue weighted by Gasteiger charge is -2.34. The van der Waals surface area contributed by atoms with Crippen molar-refractivity contribution in [3.63, 3.8) is 0 Å². The first-order valence-corrected chi connectivity index (χ1v) is 13.9. The number of anilines is 1. The van der Waals surface area contributed by atoms with Crippen molar-refractivity contribution in [1.29, 1.82) is 0 Å². The second-order valence-corrected chi connectivity index (χ2v) is 10.6. The number of aromatic nitrogens is 3. The Kier molecular flexibility index (Phi) is 9.12. The fraction of sp³-hybridized carbons (Fsp3) is 0.393. The number of ether oxygens (including phenoxy) is 1. The van der Waals surface area contributed by atoms with Crippen molar-refractivity contribution in [1.82, 2.24) is 29.9 Å². The molecule has 3 heterocycles. The highest BCUT2D eigenvalue weighted by atomic mass is 35.5. The Morgan fingerprint density at radius 2 is 1.83 bits per heavy atom. The van der Waals surface area contributed by atoms with Crippen LogP contribution in [0.1, 0.15) is 38.1 Å². The summed E-state index contributed by atoms with van der Waals surface area (Å²) in [6.07, 6.45) is 0. The van der Waals surface area contributed by atoms with Crippen LogP contribution in [0.25, 0.3) is 0 Å². The van der Waals surface area contributed by atoms with Crippen molar-refractivity contribution in [2.45, 2.75) is 12.6 Å². The molecule has 1 atom stereocenters. The zero-order valence-corrected chi connectivity index (χ0v) is 23.8. The maximum atomic E-state index is 13.8. The fourth-order valence-electron chi connectivity index (χ4n) is 4.96. The number of carboxylic acid groups (broad SMARTS) is 1. The molecule has 3 aromatic rings. The van der Waals surface area contributed by atoms with Crippen LogP contribution in [0.2, 0.25) is 5.02 Å². The molecule has 5 rings (SSSR count). The van der Waals surface area contributed by atoms with Gasteiger partial charge in [-0.25, -0.2) is 9.18 Å². The van der Waals surface area contributed by atoms with Crippen LogP contribution < -0.4 is 10.2 Å². The van der Waals surface area contributed by atoms with E-state index in [4.69, 9.17) is 16.3 Å². The number of morpholine rings is 1. The summed E-state index contributed by atoms with van der Waals surface area (Å²) in [5, 5.41) is 17.2. The van der Waals surface area contributed by atoms with Crippen molar-refractivity contribution >= 4 is 35.3 Å². The lowest BCUT2D eigenvalue weighted by atomic mass is 10.1. The molecule has 2 saturated heterocycles. The summed E-state index contributed by atoms with van der Waals surface area (Å²) >= 11 is 6.33. The summed E-state index contributed by atoms with van der Waals surface area (Å²) in [5.74, 6) is -1.85. The number of rotatable bonds is 8. The van der Waals surface area contributed by atoms with E-state index >= 15 is 0 Å². The van der Waals surface area contributed by atoms with E-state index < -0.39 is 17.9 Å². The quantitative estimate of drug-likeness (QED) is 0.395. The summed E-state index contributed by atoms with van der Waals surface area (Å²) in [6, 6.07) is 9.65. The predicted molar refractivity (Wildman–Crippen MR) is 151 cm³/mol. The van der Waals surface area contributed by atoms with E-state index in [-0.39, 0.29) is 40.4 Å². The van der Waals surface area contributed by atoms with E-state index in [0.29, 0.717) is 58.3 Å². The van der Waals surface area contributed by atoms with Gasteiger partial charge in [0, 0.05) is 46.3 Å². The Hall–Kier alpha value is -3.91. The minimum absolute atomic E-state index is 0.00942. The Balaban J connectivity index is 1.43. The molecule has 1 unspecified atom stereocenters. The molecule has 12 nitrogen and oxygen atoms in total. The minimum atomic E-state index is -1.27. The van der Waals surface area contributed by atoms with Crippen LogP contribution in [0.5, 0.6) is 0 Å². The number of aromatic carboxylic acids is 1. The van der Waals surface area contributed by atoms with Gasteiger partial charge in [-0.05, 0) is 29.8 Å². The number of nitrogens with one attached hydrogen (secondary N) is 1. The van der Waals surface area contributed by atoms with Gasteiger partial charge in [0.05, 0.1) is 41.9 Å². The van der Waals surface area contributed by atoms with Gasteiger partial charge >= 0.3 is 5.97 Å². The molecule has 2 aliphatic heterocycles. The predicted octanol–water partition coefficient (Wildman–Crippen LogP) is 1.90. The Bertz CT molecular complexity index is 1460. The molecular formula is C28H31ClFN7O5. The van der Waals surface area contributed by atoms with E-state index in [2.05, 4.69) is 20.3 Å². The van der Waals surface area contributed by atoms with Gasteiger partial charge in [-0.1, -0.05) is 29.8 Å². The molecule has 14 heteroatoms. The molecule has 42 heavy (non-hydrogen) atoms. The standard InChI is InChI=1S/C28H31ClFN7O5/c1-34(15-18-5-7-19(30)8-6-18)28-32-25(33-37(28)26(39)20-3-2-4-21(24(20)29)27(40)41)22-16-36(10-9-31-22)23(38)17-35-11-13-42-14-12-35/h2-8,22,31H,9-17H2,1H3,(H,40,41). The van der Waals surface area contributed by atoms with Crippen molar-refractivity contribution in [3.8, 4) is 0 Å². The third-order valence-corrected chi connectivity index (χ3v) is 7.64. The van der Waals surface area contributed by atoms with E-state index in [1.807, 2.05) is 0 Å². The maximum Gasteiger partial charge on any atom is 0.337 e. The average molecular weight is 600 g/mol. The van der Waals surface area contributed by atoms with Crippen LogP contribution >= 0.6 is 11.6 Å². The number of hydrogen-bond acceptors (Lipinski definition) is 9. The van der Waals surface area contributed by atoms with Crippen LogP contribution in [0.3, 0.4) is 0 Å².